The van der Waals surface area contributed by atoms with Crippen molar-refractivity contribution in [2.45, 2.75) is 19.1 Å². The number of benzene rings is 1. The Morgan fingerprint density at radius 1 is 1.38 bits per heavy atom. The maximum absolute atomic E-state index is 10.8. The molecule has 1 atom stereocenters. The fourth-order valence-corrected chi connectivity index (χ4v) is 1.47. The summed E-state index contributed by atoms with van der Waals surface area (Å²) in [5, 5.41) is 0. The molecule has 1 aromatic carbocycles. The van der Waals surface area contributed by atoms with E-state index < -0.39 is 0 Å². The molecule has 4 heteroatoms. The number of carbonyl (C=O) groups excluding carboxylic acids is 1. The summed E-state index contributed by atoms with van der Waals surface area (Å²) in [5.41, 5.74) is 1.13. The fourth-order valence-electron chi connectivity index (χ4n) is 1.47. The molecule has 0 saturated carbocycles. The predicted octanol–water partition coefficient (Wildman–Crippen LogP) is -1.27. The van der Waals surface area contributed by atoms with Crippen LogP contribution in [0.1, 0.15) is 12.0 Å². The zero-order chi connectivity index (χ0) is 10.5. The third kappa shape index (κ3) is 3.94. The molecule has 3 nitrogen and oxygen atoms in total. The van der Waals surface area contributed by atoms with Crippen LogP contribution in [0.15, 0.2) is 30.3 Å². The number of rotatable bonds is 4. The minimum absolute atomic E-state index is 0. The van der Waals surface area contributed by atoms with Crippen LogP contribution in [0.4, 0.5) is 0 Å². The maximum Gasteiger partial charge on any atom is 1.00 e. The molecule has 0 unspecified atom stereocenters. The Kier molecular flexibility index (Phi) is 5.48. The largest absolute Gasteiger partial charge is 1.00 e. The van der Waals surface area contributed by atoms with E-state index in [0.717, 1.165) is 5.56 Å². The summed E-state index contributed by atoms with van der Waals surface area (Å²) >= 11 is 0. The smallest absolute Gasteiger partial charge is 0.485 e. The van der Waals surface area contributed by atoms with Crippen molar-refractivity contribution in [2.24, 2.45) is 0 Å². The Morgan fingerprint density at radius 3 is 2.75 bits per heavy atom. The standard InChI is InChI=1S/C12H13O3.Li/c13-12-7-6-11(15-12)9-14-8-10-4-2-1-3-5-10;/h1-5,7,11H,6,8-9H2;/q-1;+1/t11-;/m0./s1. The van der Waals surface area contributed by atoms with E-state index in [1.807, 2.05) is 30.3 Å². The molecule has 0 amide bonds. The Balaban J connectivity index is 0.00000128. The minimum atomic E-state index is -0.233. The van der Waals surface area contributed by atoms with Crippen LogP contribution in [0.2, 0.25) is 0 Å². The molecular weight excluding hydrogens is 199 g/mol. The van der Waals surface area contributed by atoms with Gasteiger partial charge in [-0.3, -0.25) is 11.2 Å². The first-order valence-corrected chi connectivity index (χ1v) is 5.00. The van der Waals surface area contributed by atoms with Crippen LogP contribution in [0.25, 0.3) is 0 Å². The molecule has 1 aliphatic heterocycles. The van der Waals surface area contributed by atoms with E-state index in [9.17, 15) is 4.79 Å². The van der Waals surface area contributed by atoms with Gasteiger partial charge in [-0.1, -0.05) is 30.3 Å². The van der Waals surface area contributed by atoms with Crippen LogP contribution in [0.5, 0.6) is 0 Å². The van der Waals surface area contributed by atoms with E-state index >= 15 is 0 Å². The first kappa shape index (κ1) is 13.2. The van der Waals surface area contributed by atoms with Gasteiger partial charge in [0, 0.05) is 0 Å². The van der Waals surface area contributed by atoms with Gasteiger partial charge in [0.15, 0.2) is 5.97 Å². The molecule has 16 heavy (non-hydrogen) atoms. The van der Waals surface area contributed by atoms with E-state index in [2.05, 4.69) is 0 Å². The average molecular weight is 212 g/mol. The third-order valence-corrected chi connectivity index (χ3v) is 2.25. The molecule has 1 aliphatic rings. The van der Waals surface area contributed by atoms with Gasteiger partial charge in [-0.25, -0.2) is 0 Å². The Bertz CT molecular complexity index is 326. The summed E-state index contributed by atoms with van der Waals surface area (Å²) in [4.78, 5) is 10.8. The van der Waals surface area contributed by atoms with Crippen molar-refractivity contribution in [3.8, 4) is 0 Å². The second-order valence-electron chi connectivity index (χ2n) is 3.50. The zero-order valence-electron chi connectivity index (χ0n) is 9.39. The number of cyclic esters (lactones) is 1. The van der Waals surface area contributed by atoms with Gasteiger partial charge in [-0.05, 0) is 5.56 Å². The average Bonchev–Trinajstić information content (AvgIpc) is 2.66. The van der Waals surface area contributed by atoms with Crippen molar-refractivity contribution >= 4 is 5.97 Å². The summed E-state index contributed by atoms with van der Waals surface area (Å²) in [5.74, 6) is -0.233. The van der Waals surface area contributed by atoms with Crippen LogP contribution in [0.3, 0.4) is 0 Å². The second kappa shape index (κ2) is 6.65. The predicted molar refractivity (Wildman–Crippen MR) is 54.9 cm³/mol. The van der Waals surface area contributed by atoms with Crippen molar-refractivity contribution in [3.05, 3.63) is 42.3 Å². The summed E-state index contributed by atoms with van der Waals surface area (Å²) in [6.07, 6.45) is 2.12. The molecule has 0 bridgehead atoms. The number of carbonyl (C=O) groups is 1. The molecule has 0 aromatic heterocycles. The van der Waals surface area contributed by atoms with Crippen LogP contribution >= 0.6 is 0 Å². The summed E-state index contributed by atoms with van der Waals surface area (Å²) in [7, 11) is 0. The van der Waals surface area contributed by atoms with Crippen molar-refractivity contribution in [1.82, 2.24) is 0 Å². The van der Waals surface area contributed by atoms with Crippen molar-refractivity contribution in [2.75, 3.05) is 6.61 Å². The van der Waals surface area contributed by atoms with Gasteiger partial charge in [0.25, 0.3) is 0 Å². The second-order valence-corrected chi connectivity index (χ2v) is 3.50. The molecule has 1 heterocycles. The van der Waals surface area contributed by atoms with Crippen LogP contribution in [-0.2, 0) is 20.9 Å². The van der Waals surface area contributed by atoms with E-state index in [4.69, 9.17) is 9.47 Å². The minimum Gasteiger partial charge on any atom is -0.485 e. The molecule has 0 radical (unpaired) electrons. The molecule has 1 aromatic rings. The third-order valence-electron chi connectivity index (χ3n) is 2.25. The zero-order valence-corrected chi connectivity index (χ0v) is 9.39. The Morgan fingerprint density at radius 2 is 2.12 bits per heavy atom. The van der Waals surface area contributed by atoms with Gasteiger partial charge >= 0.3 is 18.9 Å². The Hall–Kier alpha value is -0.883. The summed E-state index contributed by atoms with van der Waals surface area (Å²) < 4.78 is 10.4. The molecule has 2 rings (SSSR count). The van der Waals surface area contributed by atoms with E-state index in [1.54, 1.807) is 6.42 Å². The van der Waals surface area contributed by atoms with Crippen LogP contribution in [-0.4, -0.2) is 18.7 Å². The molecule has 0 N–H and O–H groups in total. The normalized spacial score (nSPS) is 18.5. The van der Waals surface area contributed by atoms with E-state index in [0.29, 0.717) is 19.6 Å². The number of ether oxygens (including phenoxy) is 2. The Labute approximate surface area is 107 Å². The van der Waals surface area contributed by atoms with E-state index in [1.165, 1.54) is 0 Å². The topological polar surface area (TPSA) is 35.5 Å². The molecule has 1 saturated heterocycles. The molecular formula is C12H13LiO3. The van der Waals surface area contributed by atoms with Crippen molar-refractivity contribution < 1.29 is 33.1 Å². The molecule has 0 spiro atoms. The van der Waals surface area contributed by atoms with Gasteiger partial charge in [0.1, 0.15) is 0 Å². The van der Waals surface area contributed by atoms with Crippen molar-refractivity contribution in [3.63, 3.8) is 0 Å². The number of hydrogen-bond acceptors (Lipinski definition) is 3. The number of hydrogen-bond donors (Lipinski definition) is 0. The SMILES string of the molecule is O=C1[CH-]C[C@@H](COCc2ccccc2)O1.[Li+]. The van der Waals surface area contributed by atoms with E-state index in [-0.39, 0.29) is 30.9 Å². The summed E-state index contributed by atoms with van der Waals surface area (Å²) in [6.45, 7) is 1.03. The first-order valence-electron chi connectivity index (χ1n) is 5.00. The monoisotopic (exact) mass is 212 g/mol. The van der Waals surface area contributed by atoms with Gasteiger partial charge in [0.2, 0.25) is 0 Å². The maximum atomic E-state index is 10.8. The van der Waals surface area contributed by atoms with Gasteiger partial charge in [0.05, 0.1) is 19.3 Å². The van der Waals surface area contributed by atoms with Gasteiger partial charge in [-0.15, -0.1) is 6.42 Å². The number of esters is 1. The van der Waals surface area contributed by atoms with Gasteiger partial charge < -0.3 is 9.47 Å². The molecule has 1 fully saturated rings. The van der Waals surface area contributed by atoms with Gasteiger partial charge in [-0.2, -0.15) is 0 Å². The molecule has 80 valence electrons. The first-order chi connectivity index (χ1) is 7.34. The quantitative estimate of drug-likeness (QED) is 0.354. The van der Waals surface area contributed by atoms with Crippen LogP contribution < -0.4 is 18.9 Å². The van der Waals surface area contributed by atoms with Crippen LogP contribution in [0, 0.1) is 6.42 Å². The fraction of sp³-hybridized carbons (Fsp3) is 0.333. The summed E-state index contributed by atoms with van der Waals surface area (Å²) in [6, 6.07) is 9.93. The molecule has 0 aliphatic carbocycles. The van der Waals surface area contributed by atoms with Crippen molar-refractivity contribution in [1.29, 1.82) is 0 Å².